The highest BCUT2D eigenvalue weighted by molar-refractivity contribution is 6.30. The smallest absolute Gasteiger partial charge is 0.144 e. The SMILES string of the molecule is CN(C)C[C@@H](O)CO/N=C1\CCCC\C1=C/c1ccc(Cl)cc1. The molecule has 1 aliphatic rings. The zero-order chi connectivity index (χ0) is 16.7. The first-order valence-corrected chi connectivity index (χ1v) is 8.40. The maximum absolute atomic E-state index is 9.81. The molecule has 0 aromatic heterocycles. The van der Waals surface area contributed by atoms with Crippen LogP contribution in [0.5, 0.6) is 0 Å². The highest BCUT2D eigenvalue weighted by Gasteiger charge is 2.14. The molecule has 1 fully saturated rings. The molecule has 0 spiro atoms. The number of benzene rings is 1. The van der Waals surface area contributed by atoms with E-state index in [0.717, 1.165) is 35.6 Å². The van der Waals surface area contributed by atoms with Gasteiger partial charge in [-0.05, 0) is 69.1 Å². The number of oxime groups is 1. The Morgan fingerprint density at radius 1 is 1.26 bits per heavy atom. The molecule has 1 aromatic carbocycles. The van der Waals surface area contributed by atoms with E-state index in [1.54, 1.807) is 0 Å². The number of hydrogen-bond donors (Lipinski definition) is 1. The van der Waals surface area contributed by atoms with Gasteiger partial charge in [0.15, 0.2) is 0 Å². The van der Waals surface area contributed by atoms with Gasteiger partial charge in [-0.15, -0.1) is 0 Å². The molecule has 126 valence electrons. The molecule has 1 aromatic rings. The summed E-state index contributed by atoms with van der Waals surface area (Å²) in [5.41, 5.74) is 3.32. The predicted octanol–water partition coefficient (Wildman–Crippen LogP) is 3.59. The van der Waals surface area contributed by atoms with Crippen LogP contribution in [0.3, 0.4) is 0 Å². The van der Waals surface area contributed by atoms with E-state index in [-0.39, 0.29) is 6.61 Å². The number of aliphatic hydroxyl groups excluding tert-OH is 1. The molecular formula is C18H25ClN2O2. The lowest BCUT2D eigenvalue weighted by Crippen LogP contribution is -2.29. The molecule has 0 aliphatic heterocycles. The second kappa shape index (κ2) is 9.06. The first kappa shape index (κ1) is 18.0. The van der Waals surface area contributed by atoms with Gasteiger partial charge < -0.3 is 14.8 Å². The highest BCUT2D eigenvalue weighted by Crippen LogP contribution is 2.24. The van der Waals surface area contributed by atoms with Crippen LogP contribution in [0.4, 0.5) is 0 Å². The van der Waals surface area contributed by atoms with Crippen LogP contribution in [0, 0.1) is 0 Å². The summed E-state index contributed by atoms with van der Waals surface area (Å²) in [7, 11) is 3.84. The summed E-state index contributed by atoms with van der Waals surface area (Å²) in [5.74, 6) is 0. The topological polar surface area (TPSA) is 45.1 Å². The van der Waals surface area contributed by atoms with E-state index in [4.69, 9.17) is 16.4 Å². The van der Waals surface area contributed by atoms with E-state index in [9.17, 15) is 5.11 Å². The molecule has 1 aliphatic carbocycles. The molecule has 1 N–H and O–H groups in total. The van der Waals surface area contributed by atoms with Crippen LogP contribution in [0.2, 0.25) is 5.02 Å². The third-order valence-corrected chi connectivity index (χ3v) is 3.96. The van der Waals surface area contributed by atoms with Crippen LogP contribution in [0.1, 0.15) is 31.2 Å². The summed E-state index contributed by atoms with van der Waals surface area (Å²) in [6, 6.07) is 7.79. The van der Waals surface area contributed by atoms with E-state index >= 15 is 0 Å². The van der Waals surface area contributed by atoms with Crippen molar-refractivity contribution in [3.63, 3.8) is 0 Å². The molecule has 0 radical (unpaired) electrons. The van der Waals surface area contributed by atoms with E-state index in [1.807, 2.05) is 43.3 Å². The number of halogens is 1. The molecule has 0 bridgehead atoms. The second-order valence-electron chi connectivity index (χ2n) is 6.18. The molecule has 0 amide bonds. The monoisotopic (exact) mass is 336 g/mol. The summed E-state index contributed by atoms with van der Waals surface area (Å²) < 4.78 is 0. The maximum Gasteiger partial charge on any atom is 0.144 e. The largest absolute Gasteiger partial charge is 0.393 e. The zero-order valence-corrected chi connectivity index (χ0v) is 14.6. The zero-order valence-electron chi connectivity index (χ0n) is 13.8. The van der Waals surface area contributed by atoms with E-state index in [2.05, 4.69) is 11.2 Å². The summed E-state index contributed by atoms with van der Waals surface area (Å²) in [4.78, 5) is 7.30. The predicted molar refractivity (Wildman–Crippen MR) is 95.8 cm³/mol. The normalized spacial score (nSPS) is 20.2. The Hall–Kier alpha value is -1.36. The summed E-state index contributed by atoms with van der Waals surface area (Å²) in [6.45, 7) is 0.786. The molecule has 2 rings (SSSR count). The Morgan fingerprint density at radius 3 is 2.65 bits per heavy atom. The molecule has 0 heterocycles. The van der Waals surface area contributed by atoms with E-state index < -0.39 is 6.10 Å². The van der Waals surface area contributed by atoms with Crippen molar-refractivity contribution in [3.05, 3.63) is 40.4 Å². The van der Waals surface area contributed by atoms with Crippen LogP contribution >= 0.6 is 11.6 Å². The summed E-state index contributed by atoms with van der Waals surface area (Å²) in [5, 5.41) is 14.8. The Morgan fingerprint density at radius 2 is 1.96 bits per heavy atom. The number of hydrogen-bond acceptors (Lipinski definition) is 4. The fraction of sp³-hybridized carbons (Fsp3) is 0.500. The number of aliphatic hydroxyl groups is 1. The number of nitrogens with zero attached hydrogens (tertiary/aromatic N) is 2. The van der Waals surface area contributed by atoms with Gasteiger partial charge in [0.2, 0.25) is 0 Å². The molecule has 4 nitrogen and oxygen atoms in total. The maximum atomic E-state index is 9.81. The molecule has 1 saturated carbocycles. The fourth-order valence-electron chi connectivity index (χ4n) is 2.61. The van der Waals surface area contributed by atoms with Crippen LogP contribution in [-0.4, -0.2) is 49.1 Å². The standard InChI is InChI=1S/C18H25ClN2O2/c1-21(2)12-17(22)13-23-20-18-6-4-3-5-15(18)11-14-7-9-16(19)10-8-14/h7-11,17,22H,3-6,12-13H2,1-2H3/b15-11+,20-18+/t17-/m1/s1. The molecular weight excluding hydrogens is 312 g/mol. The fourth-order valence-corrected chi connectivity index (χ4v) is 2.73. The third kappa shape index (κ3) is 6.34. The van der Waals surface area contributed by atoms with Gasteiger partial charge >= 0.3 is 0 Å². The Labute approximate surface area is 143 Å². The molecule has 1 atom stereocenters. The number of rotatable bonds is 6. The van der Waals surface area contributed by atoms with Gasteiger partial charge in [-0.2, -0.15) is 0 Å². The minimum atomic E-state index is -0.526. The van der Waals surface area contributed by atoms with Gasteiger partial charge in [-0.25, -0.2) is 0 Å². The highest BCUT2D eigenvalue weighted by atomic mass is 35.5. The summed E-state index contributed by atoms with van der Waals surface area (Å²) >= 11 is 5.93. The van der Waals surface area contributed by atoms with Crippen molar-refractivity contribution in [1.82, 2.24) is 4.90 Å². The summed E-state index contributed by atoms with van der Waals surface area (Å²) in [6.07, 6.45) is 5.84. The van der Waals surface area contributed by atoms with Gasteiger partial charge in [0.1, 0.15) is 12.7 Å². The van der Waals surface area contributed by atoms with Crippen molar-refractivity contribution in [1.29, 1.82) is 0 Å². The average Bonchev–Trinajstić information content (AvgIpc) is 2.50. The Kier molecular flexibility index (Phi) is 7.09. The Balaban J connectivity index is 2.00. The number of likely N-dealkylation sites (N-methyl/N-ethyl adjacent to an activating group) is 1. The minimum absolute atomic E-state index is 0.218. The lowest BCUT2D eigenvalue weighted by molar-refractivity contribution is 0.0267. The lowest BCUT2D eigenvalue weighted by Gasteiger charge is -2.18. The van der Waals surface area contributed by atoms with Crippen LogP contribution in [0.15, 0.2) is 35.0 Å². The quantitative estimate of drug-likeness (QED) is 0.807. The van der Waals surface area contributed by atoms with E-state index in [1.165, 1.54) is 12.0 Å². The van der Waals surface area contributed by atoms with Crippen molar-refractivity contribution in [3.8, 4) is 0 Å². The van der Waals surface area contributed by atoms with Gasteiger partial charge in [-0.1, -0.05) is 28.9 Å². The van der Waals surface area contributed by atoms with Crippen LogP contribution < -0.4 is 0 Å². The first-order valence-electron chi connectivity index (χ1n) is 8.03. The molecule has 0 saturated heterocycles. The molecule has 23 heavy (non-hydrogen) atoms. The molecule has 5 heteroatoms. The van der Waals surface area contributed by atoms with Crippen molar-refractivity contribution < 1.29 is 9.94 Å². The van der Waals surface area contributed by atoms with Crippen LogP contribution in [-0.2, 0) is 4.84 Å². The van der Waals surface area contributed by atoms with Crippen LogP contribution in [0.25, 0.3) is 6.08 Å². The van der Waals surface area contributed by atoms with Crippen molar-refractivity contribution >= 4 is 23.4 Å². The molecule has 0 unspecified atom stereocenters. The van der Waals surface area contributed by atoms with Gasteiger partial charge in [0.05, 0.1) is 5.71 Å². The van der Waals surface area contributed by atoms with E-state index in [0.29, 0.717) is 6.54 Å². The second-order valence-corrected chi connectivity index (χ2v) is 6.61. The van der Waals surface area contributed by atoms with Gasteiger partial charge in [0.25, 0.3) is 0 Å². The van der Waals surface area contributed by atoms with Crippen molar-refractivity contribution in [2.75, 3.05) is 27.2 Å². The average molecular weight is 337 g/mol. The minimum Gasteiger partial charge on any atom is -0.393 e. The first-order chi connectivity index (χ1) is 11.0. The third-order valence-electron chi connectivity index (χ3n) is 3.71. The Bertz CT molecular complexity index is 553. The van der Waals surface area contributed by atoms with Gasteiger partial charge in [0, 0.05) is 11.6 Å². The van der Waals surface area contributed by atoms with Crippen molar-refractivity contribution in [2.24, 2.45) is 5.16 Å². The van der Waals surface area contributed by atoms with Crippen molar-refractivity contribution in [2.45, 2.75) is 31.8 Å². The number of allylic oxidation sites excluding steroid dienone is 1. The van der Waals surface area contributed by atoms with Gasteiger partial charge in [-0.3, -0.25) is 0 Å². The lowest BCUT2D eigenvalue weighted by atomic mass is 9.91.